The average Bonchev–Trinajstić information content (AvgIpc) is 2.90. The summed E-state index contributed by atoms with van der Waals surface area (Å²) in [5, 5.41) is 8.87. The molecule has 88 valence electrons. The van der Waals surface area contributed by atoms with E-state index in [9.17, 15) is 4.79 Å². The second-order valence-corrected chi connectivity index (χ2v) is 3.49. The number of aromatic nitrogens is 3. The lowest BCUT2D eigenvalue weighted by Crippen LogP contribution is -2.24. The number of H-pyrrole nitrogens is 1. The number of nitrogens with one attached hydrogen (secondary N) is 2. The van der Waals surface area contributed by atoms with Crippen molar-refractivity contribution in [1.82, 2.24) is 20.5 Å². The molecule has 0 atom stereocenters. The van der Waals surface area contributed by atoms with Gasteiger partial charge in [-0.25, -0.2) is 4.98 Å². The molecule has 1 aromatic carbocycles. The van der Waals surface area contributed by atoms with Crippen LogP contribution in [0.4, 0.5) is 0 Å². The van der Waals surface area contributed by atoms with Crippen LogP contribution >= 0.6 is 0 Å². The van der Waals surface area contributed by atoms with Gasteiger partial charge in [0.05, 0.1) is 0 Å². The minimum absolute atomic E-state index is 0.204. The molecule has 1 aromatic heterocycles. The van der Waals surface area contributed by atoms with Gasteiger partial charge in [0, 0.05) is 13.1 Å². The predicted molar refractivity (Wildman–Crippen MR) is 61.9 cm³/mol. The summed E-state index contributed by atoms with van der Waals surface area (Å²) in [7, 11) is 0. The molecule has 0 bridgehead atoms. The van der Waals surface area contributed by atoms with E-state index in [-0.39, 0.29) is 11.7 Å². The third-order valence-electron chi connectivity index (χ3n) is 2.41. The van der Waals surface area contributed by atoms with E-state index in [2.05, 4.69) is 20.5 Å². The maximum atomic E-state index is 11.6. The van der Waals surface area contributed by atoms with Crippen molar-refractivity contribution in [3.63, 3.8) is 0 Å². The smallest absolute Gasteiger partial charge is 0.288 e. The molecule has 0 saturated carbocycles. The van der Waals surface area contributed by atoms with Gasteiger partial charge in [-0.2, -0.15) is 5.10 Å². The van der Waals surface area contributed by atoms with Gasteiger partial charge in [0.15, 0.2) is 0 Å². The Morgan fingerprint density at radius 3 is 2.76 bits per heavy atom. The van der Waals surface area contributed by atoms with E-state index in [1.165, 1.54) is 6.33 Å². The molecule has 6 heteroatoms. The lowest BCUT2D eigenvalue weighted by molar-refractivity contribution is 0.0941. The van der Waals surface area contributed by atoms with Crippen LogP contribution in [0, 0.1) is 0 Å². The first-order valence-corrected chi connectivity index (χ1v) is 5.21. The number of carbonyl (C=O) groups excluding carboxylic acids is 1. The van der Waals surface area contributed by atoms with E-state index in [1.54, 1.807) is 0 Å². The number of benzene rings is 1. The fraction of sp³-hybridized carbons (Fsp3) is 0.182. The van der Waals surface area contributed by atoms with Crippen molar-refractivity contribution >= 4 is 5.91 Å². The first-order valence-electron chi connectivity index (χ1n) is 5.21. The van der Waals surface area contributed by atoms with Gasteiger partial charge in [-0.15, -0.1) is 0 Å². The molecule has 0 radical (unpaired) electrons. The molecule has 0 spiro atoms. The van der Waals surface area contributed by atoms with Gasteiger partial charge in [-0.05, 0) is 11.1 Å². The zero-order chi connectivity index (χ0) is 12.1. The number of rotatable bonds is 4. The number of nitrogens with zero attached hydrogens (tertiary/aromatic N) is 2. The van der Waals surface area contributed by atoms with Crippen LogP contribution in [0.2, 0.25) is 0 Å². The Labute approximate surface area is 98.3 Å². The molecule has 0 aliphatic heterocycles. The largest absolute Gasteiger partial charge is 0.345 e. The van der Waals surface area contributed by atoms with Gasteiger partial charge in [-0.3, -0.25) is 9.89 Å². The summed E-state index contributed by atoms with van der Waals surface area (Å²) in [6, 6.07) is 7.71. The van der Waals surface area contributed by atoms with Crippen molar-refractivity contribution in [2.75, 3.05) is 0 Å². The number of hydrogen-bond donors (Lipinski definition) is 3. The van der Waals surface area contributed by atoms with Gasteiger partial charge < -0.3 is 11.1 Å². The Morgan fingerprint density at radius 1 is 1.35 bits per heavy atom. The second kappa shape index (κ2) is 5.22. The molecule has 4 N–H and O–H groups in total. The van der Waals surface area contributed by atoms with Crippen molar-refractivity contribution < 1.29 is 4.79 Å². The summed E-state index contributed by atoms with van der Waals surface area (Å²) in [5.41, 5.74) is 7.63. The summed E-state index contributed by atoms with van der Waals surface area (Å²) in [5.74, 6) is -0.0791. The topological polar surface area (TPSA) is 96.7 Å². The number of aromatic amines is 1. The molecule has 1 heterocycles. The van der Waals surface area contributed by atoms with E-state index in [0.29, 0.717) is 13.1 Å². The van der Waals surface area contributed by atoms with Crippen LogP contribution < -0.4 is 11.1 Å². The van der Waals surface area contributed by atoms with Crippen LogP contribution in [0.1, 0.15) is 21.7 Å². The summed E-state index contributed by atoms with van der Waals surface area (Å²) in [6.07, 6.45) is 1.29. The highest BCUT2D eigenvalue weighted by atomic mass is 16.2. The van der Waals surface area contributed by atoms with Crippen LogP contribution in [-0.2, 0) is 13.1 Å². The molecule has 0 fully saturated rings. The molecule has 0 unspecified atom stereocenters. The standard InChI is InChI=1S/C11H13N5O/c12-5-8-3-1-2-4-9(8)6-13-11(17)10-14-7-15-16-10/h1-4,7H,5-6,12H2,(H,13,17)(H,14,15,16). The van der Waals surface area contributed by atoms with Gasteiger partial charge in [0.2, 0.25) is 5.82 Å². The average molecular weight is 231 g/mol. The highest BCUT2D eigenvalue weighted by Gasteiger charge is 2.08. The molecular weight excluding hydrogens is 218 g/mol. The normalized spacial score (nSPS) is 10.2. The fourth-order valence-electron chi connectivity index (χ4n) is 1.50. The molecule has 0 aliphatic carbocycles. The highest BCUT2D eigenvalue weighted by Crippen LogP contribution is 2.07. The second-order valence-electron chi connectivity index (χ2n) is 3.49. The molecule has 0 saturated heterocycles. The molecule has 6 nitrogen and oxygen atoms in total. The van der Waals surface area contributed by atoms with Crippen molar-refractivity contribution in [1.29, 1.82) is 0 Å². The van der Waals surface area contributed by atoms with Gasteiger partial charge >= 0.3 is 0 Å². The van der Waals surface area contributed by atoms with Gasteiger partial charge in [0.1, 0.15) is 6.33 Å². The molecular formula is C11H13N5O. The van der Waals surface area contributed by atoms with Crippen molar-refractivity contribution in [2.24, 2.45) is 5.73 Å². The highest BCUT2D eigenvalue weighted by molar-refractivity contribution is 5.90. The number of carbonyl (C=O) groups is 1. The molecule has 1 amide bonds. The summed E-state index contributed by atoms with van der Waals surface area (Å²) < 4.78 is 0. The Bertz CT molecular complexity index is 494. The van der Waals surface area contributed by atoms with E-state index in [1.807, 2.05) is 24.3 Å². The van der Waals surface area contributed by atoms with E-state index in [0.717, 1.165) is 11.1 Å². The summed E-state index contributed by atoms with van der Waals surface area (Å²) in [6.45, 7) is 0.876. The Hall–Kier alpha value is -2.21. The maximum absolute atomic E-state index is 11.6. The first kappa shape index (κ1) is 11.3. The van der Waals surface area contributed by atoms with E-state index >= 15 is 0 Å². The van der Waals surface area contributed by atoms with Gasteiger partial charge in [0.25, 0.3) is 5.91 Å². The zero-order valence-corrected chi connectivity index (χ0v) is 9.18. The van der Waals surface area contributed by atoms with E-state index < -0.39 is 0 Å². The quantitative estimate of drug-likeness (QED) is 0.700. The van der Waals surface area contributed by atoms with Crippen molar-refractivity contribution in [2.45, 2.75) is 13.1 Å². The molecule has 17 heavy (non-hydrogen) atoms. The SMILES string of the molecule is NCc1ccccc1CNC(=O)c1ncn[nH]1. The Balaban J connectivity index is 2.00. The van der Waals surface area contributed by atoms with Gasteiger partial charge in [-0.1, -0.05) is 24.3 Å². The van der Waals surface area contributed by atoms with Crippen LogP contribution in [0.25, 0.3) is 0 Å². The van der Waals surface area contributed by atoms with E-state index in [4.69, 9.17) is 5.73 Å². The van der Waals surface area contributed by atoms with Crippen molar-refractivity contribution in [3.05, 3.63) is 47.5 Å². The first-order chi connectivity index (χ1) is 8.31. The minimum atomic E-state index is -0.283. The monoisotopic (exact) mass is 231 g/mol. The fourth-order valence-corrected chi connectivity index (χ4v) is 1.50. The van der Waals surface area contributed by atoms with Crippen LogP contribution in [0.15, 0.2) is 30.6 Å². The third-order valence-corrected chi connectivity index (χ3v) is 2.41. The summed E-state index contributed by atoms with van der Waals surface area (Å²) >= 11 is 0. The van der Waals surface area contributed by atoms with Crippen LogP contribution in [-0.4, -0.2) is 21.1 Å². The predicted octanol–water partition coefficient (Wildman–Crippen LogP) is 0.193. The molecule has 2 aromatic rings. The number of amides is 1. The lowest BCUT2D eigenvalue weighted by atomic mass is 10.1. The maximum Gasteiger partial charge on any atom is 0.288 e. The molecule has 0 aliphatic rings. The Kier molecular flexibility index (Phi) is 3.46. The van der Waals surface area contributed by atoms with Crippen LogP contribution in [0.3, 0.4) is 0 Å². The third kappa shape index (κ3) is 2.67. The minimum Gasteiger partial charge on any atom is -0.345 e. The Morgan fingerprint density at radius 2 is 2.12 bits per heavy atom. The van der Waals surface area contributed by atoms with Crippen LogP contribution in [0.5, 0.6) is 0 Å². The number of hydrogen-bond acceptors (Lipinski definition) is 4. The zero-order valence-electron chi connectivity index (χ0n) is 9.18. The summed E-state index contributed by atoms with van der Waals surface area (Å²) in [4.78, 5) is 15.4. The number of nitrogens with two attached hydrogens (primary N) is 1. The van der Waals surface area contributed by atoms with Crippen molar-refractivity contribution in [3.8, 4) is 0 Å². The molecule has 2 rings (SSSR count). The lowest BCUT2D eigenvalue weighted by Gasteiger charge is -2.07.